The van der Waals surface area contributed by atoms with Gasteiger partial charge in [-0.05, 0) is 13.1 Å². The van der Waals surface area contributed by atoms with Crippen molar-refractivity contribution in [3.05, 3.63) is 29.8 Å². The third-order valence-electron chi connectivity index (χ3n) is 3.14. The van der Waals surface area contributed by atoms with Crippen LogP contribution in [0.4, 0.5) is 0 Å². The number of fused-ring (bicyclic) bond motifs is 1. The Morgan fingerprint density at radius 3 is 2.94 bits per heavy atom. The summed E-state index contributed by atoms with van der Waals surface area (Å²) >= 11 is 0. The number of aliphatic carboxylic acids is 1. The molecule has 0 fully saturated rings. The molecule has 1 aliphatic heterocycles. The molecule has 0 aliphatic carbocycles. The Kier molecular flexibility index (Phi) is 3.33. The Hall–Kier alpha value is -1.55. The Morgan fingerprint density at radius 1 is 1.53 bits per heavy atom. The Balaban J connectivity index is 2.29. The number of hydrogen-bond donors (Lipinski definition) is 1. The van der Waals surface area contributed by atoms with E-state index in [0.29, 0.717) is 6.61 Å². The maximum Gasteiger partial charge on any atom is 0.317 e. The molecule has 1 aromatic carbocycles. The van der Waals surface area contributed by atoms with Crippen LogP contribution in [0.25, 0.3) is 0 Å². The fourth-order valence-corrected chi connectivity index (χ4v) is 2.46. The molecule has 0 aromatic heterocycles. The van der Waals surface area contributed by atoms with E-state index in [1.807, 2.05) is 36.2 Å². The molecule has 1 aromatic rings. The molecule has 17 heavy (non-hydrogen) atoms. The number of ether oxygens (including phenoxy) is 1. The molecular formula is C13H17NO3. The largest absolute Gasteiger partial charge is 0.493 e. The summed E-state index contributed by atoms with van der Waals surface area (Å²) < 4.78 is 5.65. The molecule has 1 heterocycles. The van der Waals surface area contributed by atoms with Crippen LogP contribution in [-0.2, 0) is 4.79 Å². The van der Waals surface area contributed by atoms with Crippen molar-refractivity contribution >= 4 is 5.97 Å². The third-order valence-corrected chi connectivity index (χ3v) is 3.14. The molecule has 2 atom stereocenters. The minimum Gasteiger partial charge on any atom is -0.493 e. The van der Waals surface area contributed by atoms with E-state index in [2.05, 4.69) is 6.92 Å². The van der Waals surface area contributed by atoms with Gasteiger partial charge in [-0.2, -0.15) is 0 Å². The number of carbonyl (C=O) groups is 1. The molecule has 4 nitrogen and oxygen atoms in total. The van der Waals surface area contributed by atoms with Crippen LogP contribution >= 0.6 is 0 Å². The number of carboxylic acids is 1. The summed E-state index contributed by atoms with van der Waals surface area (Å²) in [7, 11) is 1.84. The second-order valence-corrected chi connectivity index (χ2v) is 4.58. The van der Waals surface area contributed by atoms with Gasteiger partial charge in [0, 0.05) is 17.5 Å². The number of rotatable bonds is 3. The fourth-order valence-electron chi connectivity index (χ4n) is 2.46. The minimum absolute atomic E-state index is 0.0450. The third kappa shape index (κ3) is 2.42. The number of benzene rings is 1. The van der Waals surface area contributed by atoms with E-state index in [1.54, 1.807) is 0 Å². The van der Waals surface area contributed by atoms with Gasteiger partial charge in [0.05, 0.1) is 13.2 Å². The Bertz CT molecular complexity index is 419. The van der Waals surface area contributed by atoms with Crippen molar-refractivity contribution in [2.75, 3.05) is 20.2 Å². The number of likely N-dealkylation sites (N-methyl/N-ethyl adjacent to an activating group) is 1. The lowest BCUT2D eigenvalue weighted by atomic mass is 9.91. The summed E-state index contributed by atoms with van der Waals surface area (Å²) in [4.78, 5) is 12.7. The van der Waals surface area contributed by atoms with Crippen molar-refractivity contribution in [1.82, 2.24) is 4.90 Å². The highest BCUT2D eigenvalue weighted by Crippen LogP contribution is 2.38. The van der Waals surface area contributed by atoms with Crippen molar-refractivity contribution < 1.29 is 14.6 Å². The first-order valence-corrected chi connectivity index (χ1v) is 5.73. The summed E-state index contributed by atoms with van der Waals surface area (Å²) in [5, 5.41) is 8.88. The molecule has 4 heteroatoms. The predicted molar refractivity (Wildman–Crippen MR) is 64.1 cm³/mol. The maximum atomic E-state index is 10.8. The average molecular weight is 235 g/mol. The van der Waals surface area contributed by atoms with Gasteiger partial charge in [0.1, 0.15) is 5.75 Å². The lowest BCUT2D eigenvalue weighted by Crippen LogP contribution is -2.38. The van der Waals surface area contributed by atoms with E-state index < -0.39 is 5.97 Å². The van der Waals surface area contributed by atoms with Gasteiger partial charge in [-0.15, -0.1) is 0 Å². The molecule has 2 rings (SSSR count). The van der Waals surface area contributed by atoms with Gasteiger partial charge in [-0.1, -0.05) is 25.1 Å². The zero-order chi connectivity index (χ0) is 12.4. The highest BCUT2D eigenvalue weighted by Gasteiger charge is 2.31. The van der Waals surface area contributed by atoms with Crippen molar-refractivity contribution in [3.63, 3.8) is 0 Å². The number of para-hydroxylation sites is 1. The van der Waals surface area contributed by atoms with Gasteiger partial charge in [0.15, 0.2) is 0 Å². The Morgan fingerprint density at radius 2 is 2.24 bits per heavy atom. The highest BCUT2D eigenvalue weighted by molar-refractivity contribution is 5.69. The second kappa shape index (κ2) is 4.75. The first kappa shape index (κ1) is 11.9. The summed E-state index contributed by atoms with van der Waals surface area (Å²) in [5.74, 6) is 0.353. The first-order valence-electron chi connectivity index (χ1n) is 5.73. The predicted octanol–water partition coefficient (Wildman–Crippen LogP) is 1.77. The van der Waals surface area contributed by atoms with Gasteiger partial charge in [0.25, 0.3) is 0 Å². The van der Waals surface area contributed by atoms with Crippen LogP contribution in [0.5, 0.6) is 5.75 Å². The van der Waals surface area contributed by atoms with E-state index in [0.717, 1.165) is 11.3 Å². The van der Waals surface area contributed by atoms with Gasteiger partial charge in [0.2, 0.25) is 0 Å². The standard InChI is InChI=1S/C13H17NO3/c1-9-8-17-11-6-4-3-5-10(11)13(9)14(2)7-12(15)16/h3-6,9,13H,7-8H2,1-2H3,(H,15,16). The number of nitrogens with zero attached hydrogens (tertiary/aromatic N) is 1. The molecule has 0 spiro atoms. The van der Waals surface area contributed by atoms with E-state index >= 15 is 0 Å². The molecule has 0 amide bonds. The summed E-state index contributed by atoms with van der Waals surface area (Å²) in [6, 6.07) is 7.94. The molecule has 1 aliphatic rings. The number of hydrogen-bond acceptors (Lipinski definition) is 3. The van der Waals surface area contributed by atoms with E-state index in [4.69, 9.17) is 9.84 Å². The molecular weight excluding hydrogens is 218 g/mol. The molecule has 0 radical (unpaired) electrons. The monoisotopic (exact) mass is 235 g/mol. The first-order chi connectivity index (χ1) is 8.09. The SMILES string of the molecule is CC1COc2ccccc2C1N(C)CC(=O)O. The van der Waals surface area contributed by atoms with Gasteiger partial charge in [-0.3, -0.25) is 9.69 Å². The molecule has 0 saturated heterocycles. The Labute approximate surface area is 101 Å². The molecule has 1 N–H and O–H groups in total. The second-order valence-electron chi connectivity index (χ2n) is 4.58. The van der Waals surface area contributed by atoms with Crippen LogP contribution < -0.4 is 4.74 Å². The van der Waals surface area contributed by atoms with Crippen LogP contribution in [0, 0.1) is 5.92 Å². The van der Waals surface area contributed by atoms with E-state index in [-0.39, 0.29) is 18.5 Å². The smallest absolute Gasteiger partial charge is 0.317 e. The lowest BCUT2D eigenvalue weighted by molar-refractivity contribution is -0.139. The fraction of sp³-hybridized carbons (Fsp3) is 0.462. The topological polar surface area (TPSA) is 49.8 Å². The molecule has 0 bridgehead atoms. The summed E-state index contributed by atoms with van der Waals surface area (Å²) in [6.45, 7) is 2.76. The maximum absolute atomic E-state index is 10.8. The van der Waals surface area contributed by atoms with Crippen LogP contribution in [0.1, 0.15) is 18.5 Å². The van der Waals surface area contributed by atoms with E-state index in [1.165, 1.54) is 0 Å². The number of carboxylic acid groups (broad SMARTS) is 1. The van der Waals surface area contributed by atoms with Gasteiger partial charge < -0.3 is 9.84 Å². The zero-order valence-corrected chi connectivity index (χ0v) is 10.1. The van der Waals surface area contributed by atoms with Crippen LogP contribution in [0.3, 0.4) is 0 Å². The average Bonchev–Trinajstić information content (AvgIpc) is 2.27. The van der Waals surface area contributed by atoms with Crippen molar-refractivity contribution in [1.29, 1.82) is 0 Å². The summed E-state index contributed by atoms with van der Waals surface area (Å²) in [6.07, 6.45) is 0. The molecule has 0 saturated carbocycles. The van der Waals surface area contributed by atoms with Crippen molar-refractivity contribution in [2.24, 2.45) is 5.92 Å². The highest BCUT2D eigenvalue weighted by atomic mass is 16.5. The molecule has 92 valence electrons. The van der Waals surface area contributed by atoms with E-state index in [9.17, 15) is 4.79 Å². The van der Waals surface area contributed by atoms with Gasteiger partial charge >= 0.3 is 5.97 Å². The van der Waals surface area contributed by atoms with Crippen molar-refractivity contribution in [3.8, 4) is 5.75 Å². The lowest BCUT2D eigenvalue weighted by Gasteiger charge is -2.36. The van der Waals surface area contributed by atoms with Crippen LogP contribution in [0.15, 0.2) is 24.3 Å². The van der Waals surface area contributed by atoms with Gasteiger partial charge in [-0.25, -0.2) is 0 Å². The van der Waals surface area contributed by atoms with Crippen LogP contribution in [0.2, 0.25) is 0 Å². The minimum atomic E-state index is -0.802. The van der Waals surface area contributed by atoms with Crippen molar-refractivity contribution in [2.45, 2.75) is 13.0 Å². The van der Waals surface area contributed by atoms with Crippen LogP contribution in [-0.4, -0.2) is 36.2 Å². The summed E-state index contributed by atoms with van der Waals surface area (Å²) in [5.41, 5.74) is 1.08. The zero-order valence-electron chi connectivity index (χ0n) is 10.1. The normalized spacial score (nSPS) is 23.0. The quantitative estimate of drug-likeness (QED) is 0.867. The molecule has 2 unspecified atom stereocenters.